The third-order valence-electron chi connectivity index (χ3n) is 4.87. The quantitative estimate of drug-likeness (QED) is 0.410. The summed E-state index contributed by atoms with van der Waals surface area (Å²) in [4.78, 5) is 24.1. The normalized spacial score (nSPS) is 15.8. The first-order chi connectivity index (χ1) is 14.2. The minimum absolute atomic E-state index is 0.00665. The molecular weight excluding hydrogens is 413 g/mol. The van der Waals surface area contributed by atoms with Crippen LogP contribution in [0.15, 0.2) is 59.5 Å². The van der Waals surface area contributed by atoms with Gasteiger partial charge < -0.3 is 4.90 Å². The van der Waals surface area contributed by atoms with Gasteiger partial charge in [0, 0.05) is 43.9 Å². The number of halogens is 1. The molecule has 10 heteroatoms. The molecule has 0 atom stereocenters. The molecule has 0 bridgehead atoms. The average molecular weight is 433 g/mol. The number of amides is 1. The van der Waals surface area contributed by atoms with Crippen LogP contribution in [0.5, 0.6) is 0 Å². The maximum atomic E-state index is 13.9. The van der Waals surface area contributed by atoms with E-state index in [9.17, 15) is 27.7 Å². The maximum absolute atomic E-state index is 13.9. The number of nitro benzene ring substituents is 1. The Morgan fingerprint density at radius 1 is 1.07 bits per heavy atom. The fraction of sp³-hybridized carbons (Fsp3) is 0.250. The van der Waals surface area contributed by atoms with Crippen molar-refractivity contribution >= 4 is 27.2 Å². The van der Waals surface area contributed by atoms with Gasteiger partial charge in [0.1, 0.15) is 5.82 Å². The topological polar surface area (TPSA) is 101 Å². The zero-order valence-corrected chi connectivity index (χ0v) is 17.0. The molecule has 1 aliphatic heterocycles. The Labute approximate surface area is 173 Å². The lowest BCUT2D eigenvalue weighted by atomic mass is 10.1. The van der Waals surface area contributed by atoms with E-state index in [4.69, 9.17) is 0 Å². The molecule has 0 spiro atoms. The van der Waals surface area contributed by atoms with Crippen LogP contribution in [-0.2, 0) is 14.8 Å². The molecule has 1 aliphatic rings. The Bertz CT molecular complexity index is 1110. The summed E-state index contributed by atoms with van der Waals surface area (Å²) in [6.45, 7) is 1.89. The summed E-state index contributed by atoms with van der Waals surface area (Å²) in [5, 5.41) is 11.2. The number of rotatable bonds is 5. The van der Waals surface area contributed by atoms with Crippen LogP contribution in [0.1, 0.15) is 12.5 Å². The SMILES string of the molecule is CC(=CC(=O)N1CCN(S(=O)(=O)c2ccccc2[N+](=O)[O-])CC1)c1ccccc1F. The fourth-order valence-corrected chi connectivity index (χ4v) is 4.83. The zero-order chi connectivity index (χ0) is 21.9. The van der Waals surface area contributed by atoms with Crippen LogP contribution in [0.3, 0.4) is 0 Å². The lowest BCUT2D eigenvalue weighted by Gasteiger charge is -2.33. The van der Waals surface area contributed by atoms with Crippen molar-refractivity contribution in [1.82, 2.24) is 9.21 Å². The Balaban J connectivity index is 1.72. The fourth-order valence-electron chi connectivity index (χ4n) is 3.25. The van der Waals surface area contributed by atoms with Crippen LogP contribution in [0.4, 0.5) is 10.1 Å². The first-order valence-electron chi connectivity index (χ1n) is 9.17. The summed E-state index contributed by atoms with van der Waals surface area (Å²) >= 11 is 0. The number of nitrogens with zero attached hydrogens (tertiary/aromatic N) is 3. The van der Waals surface area contributed by atoms with Crippen LogP contribution < -0.4 is 0 Å². The van der Waals surface area contributed by atoms with Crippen LogP contribution in [0, 0.1) is 15.9 Å². The Hall–Kier alpha value is -3.11. The second-order valence-electron chi connectivity index (χ2n) is 6.76. The number of piperazine rings is 1. The van der Waals surface area contributed by atoms with Gasteiger partial charge >= 0.3 is 0 Å². The Morgan fingerprint density at radius 3 is 2.30 bits per heavy atom. The molecule has 8 nitrogen and oxygen atoms in total. The molecule has 0 N–H and O–H groups in total. The highest BCUT2D eigenvalue weighted by Crippen LogP contribution is 2.27. The van der Waals surface area contributed by atoms with Crippen LogP contribution >= 0.6 is 0 Å². The van der Waals surface area contributed by atoms with Crippen molar-refractivity contribution in [3.8, 4) is 0 Å². The molecule has 158 valence electrons. The highest BCUT2D eigenvalue weighted by Gasteiger charge is 2.34. The van der Waals surface area contributed by atoms with Gasteiger partial charge in [0.15, 0.2) is 4.90 Å². The van der Waals surface area contributed by atoms with Crippen molar-refractivity contribution in [2.75, 3.05) is 26.2 Å². The molecule has 2 aromatic carbocycles. The number of sulfonamides is 1. The molecule has 0 unspecified atom stereocenters. The number of hydrogen-bond donors (Lipinski definition) is 0. The lowest BCUT2D eigenvalue weighted by Crippen LogP contribution is -2.50. The van der Waals surface area contributed by atoms with Crippen molar-refractivity contribution < 1.29 is 22.5 Å². The Morgan fingerprint density at radius 2 is 1.67 bits per heavy atom. The molecule has 1 heterocycles. The van der Waals surface area contributed by atoms with E-state index in [1.165, 1.54) is 35.2 Å². The predicted octanol–water partition coefficient (Wildman–Crippen LogP) is 2.67. The van der Waals surface area contributed by atoms with E-state index >= 15 is 0 Å². The van der Waals surface area contributed by atoms with Crippen molar-refractivity contribution in [2.24, 2.45) is 0 Å². The summed E-state index contributed by atoms with van der Waals surface area (Å²) in [6, 6.07) is 11.3. The maximum Gasteiger partial charge on any atom is 0.289 e. The van der Waals surface area contributed by atoms with E-state index in [2.05, 4.69) is 0 Å². The van der Waals surface area contributed by atoms with Crippen LogP contribution in [0.2, 0.25) is 0 Å². The summed E-state index contributed by atoms with van der Waals surface area (Å²) < 4.78 is 40.7. The van der Waals surface area contributed by atoms with Crippen LogP contribution in [-0.4, -0.2) is 54.6 Å². The zero-order valence-electron chi connectivity index (χ0n) is 16.2. The molecule has 2 aromatic rings. The standard InChI is InChI=1S/C20H20FN3O5S/c1-15(16-6-2-3-7-17(16)21)14-20(25)22-10-12-23(13-11-22)30(28,29)19-9-5-4-8-18(19)24(26)27/h2-9,14H,10-13H2,1H3. The largest absolute Gasteiger partial charge is 0.337 e. The van der Waals surface area contributed by atoms with Gasteiger partial charge in [0.2, 0.25) is 15.9 Å². The molecule has 0 saturated carbocycles. The van der Waals surface area contributed by atoms with Crippen LogP contribution in [0.25, 0.3) is 5.57 Å². The number of hydrogen-bond acceptors (Lipinski definition) is 5. The first kappa shape index (κ1) is 21.6. The highest BCUT2D eigenvalue weighted by atomic mass is 32.2. The molecule has 0 aromatic heterocycles. The summed E-state index contributed by atoms with van der Waals surface area (Å²) in [6.07, 6.45) is 1.32. The second-order valence-corrected chi connectivity index (χ2v) is 8.67. The number of para-hydroxylation sites is 1. The van der Waals surface area contributed by atoms with E-state index in [1.54, 1.807) is 25.1 Å². The molecule has 30 heavy (non-hydrogen) atoms. The van der Waals surface area contributed by atoms with Gasteiger partial charge in [0.05, 0.1) is 4.92 Å². The molecule has 1 amide bonds. The molecule has 0 radical (unpaired) electrons. The summed E-state index contributed by atoms with van der Waals surface area (Å²) in [5.41, 5.74) is 0.302. The third kappa shape index (κ3) is 4.39. The number of nitro groups is 1. The van der Waals surface area contributed by atoms with Gasteiger partial charge in [-0.1, -0.05) is 30.3 Å². The average Bonchev–Trinajstić information content (AvgIpc) is 2.74. The smallest absolute Gasteiger partial charge is 0.289 e. The number of carbonyl (C=O) groups is 1. The lowest BCUT2D eigenvalue weighted by molar-refractivity contribution is -0.387. The Kier molecular flexibility index (Phi) is 6.28. The van der Waals surface area contributed by atoms with Gasteiger partial charge in [-0.15, -0.1) is 0 Å². The minimum Gasteiger partial charge on any atom is -0.337 e. The molecule has 0 aliphatic carbocycles. The highest BCUT2D eigenvalue weighted by molar-refractivity contribution is 7.89. The number of allylic oxidation sites excluding steroid dienone is 1. The second kappa shape index (κ2) is 8.72. The predicted molar refractivity (Wildman–Crippen MR) is 108 cm³/mol. The van der Waals surface area contributed by atoms with Crippen molar-refractivity contribution in [3.63, 3.8) is 0 Å². The van der Waals surface area contributed by atoms with E-state index in [-0.39, 0.29) is 37.0 Å². The number of benzene rings is 2. The molecular formula is C20H20FN3O5S. The van der Waals surface area contributed by atoms with E-state index < -0.39 is 26.5 Å². The molecule has 1 fully saturated rings. The third-order valence-corrected chi connectivity index (χ3v) is 6.81. The van der Waals surface area contributed by atoms with E-state index in [0.29, 0.717) is 11.1 Å². The monoisotopic (exact) mass is 433 g/mol. The van der Waals surface area contributed by atoms with Gasteiger partial charge in [-0.3, -0.25) is 14.9 Å². The molecule has 3 rings (SSSR count). The first-order valence-corrected chi connectivity index (χ1v) is 10.6. The van der Waals surface area contributed by atoms with Gasteiger partial charge in [-0.2, -0.15) is 4.31 Å². The number of carbonyl (C=O) groups excluding carboxylic acids is 1. The van der Waals surface area contributed by atoms with Crippen molar-refractivity contribution in [1.29, 1.82) is 0 Å². The van der Waals surface area contributed by atoms with Gasteiger partial charge in [-0.25, -0.2) is 12.8 Å². The van der Waals surface area contributed by atoms with E-state index in [0.717, 1.165) is 10.4 Å². The van der Waals surface area contributed by atoms with Gasteiger partial charge in [0.25, 0.3) is 5.69 Å². The summed E-state index contributed by atoms with van der Waals surface area (Å²) in [5.74, 6) is -0.780. The molecule has 1 saturated heterocycles. The van der Waals surface area contributed by atoms with Crippen molar-refractivity contribution in [3.05, 3.63) is 76.1 Å². The van der Waals surface area contributed by atoms with E-state index in [1.807, 2.05) is 0 Å². The minimum atomic E-state index is -4.07. The van der Waals surface area contributed by atoms with Crippen molar-refractivity contribution in [2.45, 2.75) is 11.8 Å². The summed E-state index contributed by atoms with van der Waals surface area (Å²) in [7, 11) is -4.07. The van der Waals surface area contributed by atoms with Gasteiger partial charge in [-0.05, 0) is 24.6 Å².